The maximum absolute atomic E-state index is 13.6. The maximum atomic E-state index is 13.6. The van der Waals surface area contributed by atoms with E-state index in [9.17, 15) is 13.6 Å². The Morgan fingerprint density at radius 1 is 1.44 bits per heavy atom. The second-order valence-corrected chi connectivity index (χ2v) is 5.02. The molecule has 6 heteroatoms. The lowest BCUT2D eigenvalue weighted by Crippen LogP contribution is -2.30. The highest BCUT2D eigenvalue weighted by atomic mass is 79.9. The molecule has 0 bridgehead atoms. The molecule has 1 atom stereocenters. The predicted molar refractivity (Wildman–Crippen MR) is 67.3 cm³/mol. The van der Waals surface area contributed by atoms with Gasteiger partial charge >= 0.3 is 0 Å². The third-order valence-corrected chi connectivity index (χ3v) is 2.91. The number of hydrogen-bond donors (Lipinski definition) is 1. The molecule has 1 aromatic rings. The number of nitrogens with zero attached hydrogens (tertiary/aromatic N) is 1. The van der Waals surface area contributed by atoms with Crippen LogP contribution in [-0.2, 0) is 0 Å². The van der Waals surface area contributed by atoms with E-state index in [1.165, 1.54) is 11.9 Å². The summed E-state index contributed by atoms with van der Waals surface area (Å²) in [5, 5.41) is 9.11. The molecular weight excluding hydrogens is 308 g/mol. The third kappa shape index (κ3) is 3.74. The maximum Gasteiger partial charge on any atom is 0.259 e. The fourth-order valence-electron chi connectivity index (χ4n) is 1.42. The van der Waals surface area contributed by atoms with E-state index in [1.54, 1.807) is 6.92 Å². The summed E-state index contributed by atoms with van der Waals surface area (Å²) in [4.78, 5) is 13.0. The van der Waals surface area contributed by atoms with Gasteiger partial charge in [-0.15, -0.1) is 0 Å². The standard InChI is InChI=1S/C12H14BrF2NO2/c1-7(17)3-4-16(2)12(18)11-9(14)5-8(13)6-10(11)15/h5-7,17H,3-4H2,1-2H3. The summed E-state index contributed by atoms with van der Waals surface area (Å²) < 4.78 is 27.3. The van der Waals surface area contributed by atoms with E-state index in [-0.39, 0.29) is 11.0 Å². The van der Waals surface area contributed by atoms with E-state index in [0.717, 1.165) is 12.1 Å². The van der Waals surface area contributed by atoms with Crippen molar-refractivity contribution in [2.45, 2.75) is 19.4 Å². The Kier molecular flexibility index (Phi) is 5.22. The van der Waals surface area contributed by atoms with E-state index in [0.29, 0.717) is 6.42 Å². The number of amides is 1. The van der Waals surface area contributed by atoms with Gasteiger partial charge in [0, 0.05) is 18.1 Å². The zero-order valence-electron chi connectivity index (χ0n) is 10.1. The fourth-order valence-corrected chi connectivity index (χ4v) is 1.82. The van der Waals surface area contributed by atoms with E-state index in [4.69, 9.17) is 5.11 Å². The molecule has 1 rings (SSSR count). The topological polar surface area (TPSA) is 40.5 Å². The van der Waals surface area contributed by atoms with Crippen molar-refractivity contribution in [1.82, 2.24) is 4.90 Å². The SMILES string of the molecule is CC(O)CCN(C)C(=O)c1c(F)cc(Br)cc1F. The summed E-state index contributed by atoms with van der Waals surface area (Å²) in [6.07, 6.45) is -0.220. The van der Waals surface area contributed by atoms with E-state index in [2.05, 4.69) is 15.9 Å². The first kappa shape index (κ1) is 15.0. The number of rotatable bonds is 4. The first-order valence-corrected chi connectivity index (χ1v) is 6.20. The Hall–Kier alpha value is -1.01. The van der Waals surface area contributed by atoms with Gasteiger partial charge in [0.25, 0.3) is 5.91 Å². The van der Waals surface area contributed by atoms with Crippen molar-refractivity contribution < 1.29 is 18.7 Å². The van der Waals surface area contributed by atoms with Crippen LogP contribution in [-0.4, -0.2) is 35.6 Å². The molecule has 18 heavy (non-hydrogen) atoms. The quantitative estimate of drug-likeness (QED) is 0.926. The van der Waals surface area contributed by atoms with Crippen molar-refractivity contribution >= 4 is 21.8 Å². The number of halogens is 3. The average molecular weight is 322 g/mol. The molecule has 0 heterocycles. The smallest absolute Gasteiger partial charge is 0.259 e. The van der Waals surface area contributed by atoms with Crippen LogP contribution in [0.15, 0.2) is 16.6 Å². The van der Waals surface area contributed by atoms with E-state index < -0.39 is 29.2 Å². The Labute approximate surface area is 113 Å². The molecule has 1 N–H and O–H groups in total. The number of aliphatic hydroxyl groups excluding tert-OH is 1. The summed E-state index contributed by atoms with van der Waals surface area (Å²) >= 11 is 2.95. The summed E-state index contributed by atoms with van der Waals surface area (Å²) in [5.41, 5.74) is -0.578. The molecule has 0 radical (unpaired) electrons. The van der Waals surface area contributed by atoms with Crippen LogP contribution >= 0.6 is 15.9 Å². The molecular formula is C12H14BrF2NO2. The highest BCUT2D eigenvalue weighted by molar-refractivity contribution is 9.10. The van der Waals surface area contributed by atoms with Gasteiger partial charge in [-0.05, 0) is 25.5 Å². The van der Waals surface area contributed by atoms with Gasteiger partial charge in [0.2, 0.25) is 0 Å². The molecule has 1 amide bonds. The van der Waals surface area contributed by atoms with Crippen molar-refractivity contribution in [3.05, 3.63) is 33.8 Å². The molecule has 0 aliphatic rings. The highest BCUT2D eigenvalue weighted by Gasteiger charge is 2.21. The number of carbonyl (C=O) groups excluding carboxylic acids is 1. The zero-order valence-corrected chi connectivity index (χ0v) is 11.7. The molecule has 0 aromatic heterocycles. The van der Waals surface area contributed by atoms with Crippen molar-refractivity contribution in [3.63, 3.8) is 0 Å². The molecule has 3 nitrogen and oxygen atoms in total. The summed E-state index contributed by atoms with van der Waals surface area (Å²) in [6.45, 7) is 1.81. The minimum atomic E-state index is -0.907. The monoisotopic (exact) mass is 321 g/mol. The number of aliphatic hydroxyl groups is 1. The highest BCUT2D eigenvalue weighted by Crippen LogP contribution is 2.20. The molecule has 0 fully saturated rings. The minimum Gasteiger partial charge on any atom is -0.393 e. The number of hydrogen-bond acceptors (Lipinski definition) is 2. The Balaban J connectivity index is 2.90. The fraction of sp³-hybridized carbons (Fsp3) is 0.417. The van der Waals surface area contributed by atoms with Crippen LogP contribution in [0.1, 0.15) is 23.7 Å². The summed E-state index contributed by atoms with van der Waals surface area (Å²) in [7, 11) is 1.44. The normalized spacial score (nSPS) is 12.3. The van der Waals surface area contributed by atoms with Crippen LogP contribution < -0.4 is 0 Å². The van der Waals surface area contributed by atoms with Gasteiger partial charge in [0.1, 0.15) is 17.2 Å². The number of carbonyl (C=O) groups is 1. The van der Waals surface area contributed by atoms with Crippen LogP contribution in [0, 0.1) is 11.6 Å². The molecule has 0 saturated carbocycles. The molecule has 0 spiro atoms. The lowest BCUT2D eigenvalue weighted by molar-refractivity contribution is 0.0759. The molecule has 100 valence electrons. The lowest BCUT2D eigenvalue weighted by atomic mass is 10.1. The first-order chi connectivity index (χ1) is 8.32. The Morgan fingerprint density at radius 2 is 1.94 bits per heavy atom. The molecule has 1 unspecified atom stereocenters. The van der Waals surface area contributed by atoms with Gasteiger partial charge in [0.15, 0.2) is 0 Å². The predicted octanol–water partition coefficient (Wildman–Crippen LogP) is 2.57. The summed E-state index contributed by atoms with van der Waals surface area (Å²) in [6, 6.07) is 2.08. The van der Waals surface area contributed by atoms with Gasteiger partial charge in [-0.3, -0.25) is 4.79 Å². The molecule has 1 aromatic carbocycles. The van der Waals surface area contributed by atoms with Crippen molar-refractivity contribution in [2.24, 2.45) is 0 Å². The van der Waals surface area contributed by atoms with Crippen LogP contribution in [0.5, 0.6) is 0 Å². The van der Waals surface area contributed by atoms with Crippen LogP contribution in [0.4, 0.5) is 8.78 Å². The number of benzene rings is 1. The van der Waals surface area contributed by atoms with Crippen LogP contribution in [0.3, 0.4) is 0 Å². The van der Waals surface area contributed by atoms with Gasteiger partial charge in [-0.1, -0.05) is 15.9 Å². The molecule has 0 saturated heterocycles. The Morgan fingerprint density at radius 3 is 2.39 bits per heavy atom. The zero-order chi connectivity index (χ0) is 13.9. The molecule has 0 aliphatic heterocycles. The van der Waals surface area contributed by atoms with Crippen molar-refractivity contribution in [3.8, 4) is 0 Å². The third-order valence-electron chi connectivity index (χ3n) is 2.45. The van der Waals surface area contributed by atoms with Crippen LogP contribution in [0.25, 0.3) is 0 Å². The van der Waals surface area contributed by atoms with Gasteiger partial charge in [-0.2, -0.15) is 0 Å². The minimum absolute atomic E-state index is 0.228. The Bertz CT molecular complexity index is 429. The average Bonchev–Trinajstić information content (AvgIpc) is 2.24. The van der Waals surface area contributed by atoms with E-state index in [1.807, 2.05) is 0 Å². The van der Waals surface area contributed by atoms with Gasteiger partial charge < -0.3 is 10.0 Å². The van der Waals surface area contributed by atoms with Crippen molar-refractivity contribution in [2.75, 3.05) is 13.6 Å². The first-order valence-electron chi connectivity index (χ1n) is 5.41. The largest absolute Gasteiger partial charge is 0.393 e. The second kappa shape index (κ2) is 6.24. The summed E-state index contributed by atoms with van der Waals surface area (Å²) in [5.74, 6) is -2.55. The van der Waals surface area contributed by atoms with E-state index >= 15 is 0 Å². The second-order valence-electron chi connectivity index (χ2n) is 4.11. The van der Waals surface area contributed by atoms with Gasteiger partial charge in [0.05, 0.1) is 6.10 Å². The van der Waals surface area contributed by atoms with Crippen molar-refractivity contribution in [1.29, 1.82) is 0 Å². The molecule has 0 aliphatic carbocycles. The van der Waals surface area contributed by atoms with Gasteiger partial charge in [-0.25, -0.2) is 8.78 Å². The van der Waals surface area contributed by atoms with Crippen LogP contribution in [0.2, 0.25) is 0 Å². The lowest BCUT2D eigenvalue weighted by Gasteiger charge is -2.18.